The van der Waals surface area contributed by atoms with Crippen molar-refractivity contribution in [2.45, 2.75) is 24.4 Å². The largest absolute Gasteiger partial charge is 0.454 e. The number of carbonyl (C=O) groups excluding carboxylic acids is 3. The third-order valence-corrected chi connectivity index (χ3v) is 9.06. The third kappa shape index (κ3) is 3.25. The number of fused-ring (bicyclic) bond motifs is 7. The van der Waals surface area contributed by atoms with Crippen molar-refractivity contribution in [3.8, 4) is 11.5 Å². The Balaban J connectivity index is 1.42. The molecule has 7 nitrogen and oxygen atoms in total. The number of Topliss-reactive ketones (excluding diaryl/α,β-unsaturated/α-hetero) is 2. The summed E-state index contributed by atoms with van der Waals surface area (Å²) < 4.78 is 11.1. The van der Waals surface area contributed by atoms with E-state index in [9.17, 15) is 14.4 Å². The maximum absolute atomic E-state index is 15.0. The summed E-state index contributed by atoms with van der Waals surface area (Å²) in [4.78, 5) is 46.1. The highest BCUT2D eigenvalue weighted by atomic mass is 16.7. The molecule has 1 amide bonds. The maximum atomic E-state index is 15.0. The highest BCUT2D eigenvalue weighted by Crippen LogP contribution is 2.58. The summed E-state index contributed by atoms with van der Waals surface area (Å²) in [6.07, 6.45) is 3.99. The van der Waals surface area contributed by atoms with Gasteiger partial charge in [0.1, 0.15) is 11.5 Å². The lowest BCUT2D eigenvalue weighted by Gasteiger charge is -2.37. The van der Waals surface area contributed by atoms with Crippen LogP contribution in [0.1, 0.15) is 37.4 Å². The number of ketones is 2. The monoisotopic (exact) mass is 554 g/mol. The van der Waals surface area contributed by atoms with Crippen molar-refractivity contribution in [1.82, 2.24) is 0 Å². The van der Waals surface area contributed by atoms with Crippen molar-refractivity contribution >= 4 is 34.9 Å². The minimum Gasteiger partial charge on any atom is -0.454 e. The molecular formula is C35H26N2O5. The quantitative estimate of drug-likeness (QED) is 0.332. The van der Waals surface area contributed by atoms with Crippen LogP contribution in [0.3, 0.4) is 0 Å². The number of nitrogens with one attached hydrogen (secondary N) is 1. The Morgan fingerprint density at radius 1 is 0.857 bits per heavy atom. The van der Waals surface area contributed by atoms with E-state index in [0.29, 0.717) is 33.9 Å². The van der Waals surface area contributed by atoms with Crippen LogP contribution in [0.2, 0.25) is 0 Å². The fourth-order valence-electron chi connectivity index (χ4n) is 7.28. The van der Waals surface area contributed by atoms with Crippen LogP contribution in [0.5, 0.6) is 11.5 Å². The minimum atomic E-state index is -1.36. The molecule has 1 saturated heterocycles. The first kappa shape index (κ1) is 24.6. The van der Waals surface area contributed by atoms with Crippen LogP contribution in [0, 0.1) is 12.8 Å². The molecule has 4 aliphatic heterocycles. The van der Waals surface area contributed by atoms with Crippen molar-refractivity contribution in [1.29, 1.82) is 0 Å². The molecule has 0 aliphatic carbocycles. The molecule has 0 aromatic heterocycles. The summed E-state index contributed by atoms with van der Waals surface area (Å²) in [5.41, 5.74) is 3.63. The fourth-order valence-corrected chi connectivity index (χ4v) is 7.28. The molecule has 4 heterocycles. The predicted molar refractivity (Wildman–Crippen MR) is 158 cm³/mol. The SMILES string of the molecule is Cc1ccc2c(c1)N1[C@H](C(=O)c3ccccc3)[C@H](C(=O)c3ccc4c(c3)OCO4)[C@]3(C(=O)Nc4ccccc43)[C@H]1C=C2. The Morgan fingerprint density at radius 2 is 1.64 bits per heavy atom. The number of anilines is 2. The van der Waals surface area contributed by atoms with Gasteiger partial charge in [-0.05, 0) is 53.9 Å². The first-order chi connectivity index (χ1) is 20.5. The molecule has 0 bridgehead atoms. The van der Waals surface area contributed by atoms with Crippen molar-refractivity contribution < 1.29 is 23.9 Å². The van der Waals surface area contributed by atoms with Gasteiger partial charge < -0.3 is 19.7 Å². The molecule has 0 unspecified atom stereocenters. The number of rotatable bonds is 4. The van der Waals surface area contributed by atoms with E-state index in [-0.39, 0.29) is 24.3 Å². The fraction of sp³-hybridized carbons (Fsp3) is 0.171. The molecule has 4 aromatic carbocycles. The van der Waals surface area contributed by atoms with E-state index in [1.54, 1.807) is 30.3 Å². The normalized spacial score (nSPS) is 24.3. The molecule has 206 valence electrons. The number of hydrogen-bond donors (Lipinski definition) is 1. The van der Waals surface area contributed by atoms with Gasteiger partial charge in [-0.3, -0.25) is 14.4 Å². The average Bonchev–Trinajstić information content (AvgIpc) is 3.70. The van der Waals surface area contributed by atoms with E-state index in [2.05, 4.69) is 5.32 Å². The van der Waals surface area contributed by atoms with Crippen LogP contribution in [0.4, 0.5) is 11.4 Å². The zero-order valence-electron chi connectivity index (χ0n) is 22.7. The predicted octanol–water partition coefficient (Wildman–Crippen LogP) is 5.58. The number of carbonyl (C=O) groups is 3. The molecule has 0 saturated carbocycles. The van der Waals surface area contributed by atoms with Gasteiger partial charge in [0.2, 0.25) is 12.7 Å². The van der Waals surface area contributed by atoms with Crippen LogP contribution < -0.4 is 19.7 Å². The van der Waals surface area contributed by atoms with Crippen molar-refractivity contribution in [2.24, 2.45) is 5.92 Å². The molecule has 42 heavy (non-hydrogen) atoms. The highest BCUT2D eigenvalue weighted by molar-refractivity contribution is 6.18. The second-order valence-electron chi connectivity index (χ2n) is 11.2. The number of nitrogens with zero attached hydrogens (tertiary/aromatic N) is 1. The van der Waals surface area contributed by atoms with Crippen LogP contribution >= 0.6 is 0 Å². The van der Waals surface area contributed by atoms with E-state index < -0.39 is 23.4 Å². The molecule has 1 N–H and O–H groups in total. The van der Waals surface area contributed by atoms with Gasteiger partial charge in [-0.15, -0.1) is 0 Å². The number of amides is 1. The summed E-state index contributed by atoms with van der Waals surface area (Å²) in [5, 5.41) is 3.07. The lowest BCUT2D eigenvalue weighted by Crippen LogP contribution is -2.51. The lowest BCUT2D eigenvalue weighted by molar-refractivity contribution is -0.121. The van der Waals surface area contributed by atoms with Crippen molar-refractivity contribution in [3.63, 3.8) is 0 Å². The Morgan fingerprint density at radius 3 is 2.50 bits per heavy atom. The van der Waals surface area contributed by atoms with Gasteiger partial charge in [-0.25, -0.2) is 0 Å². The molecule has 1 fully saturated rings. The van der Waals surface area contributed by atoms with E-state index in [1.165, 1.54) is 0 Å². The zero-order chi connectivity index (χ0) is 28.6. The number of aryl methyl sites for hydroxylation is 1. The zero-order valence-corrected chi connectivity index (χ0v) is 22.7. The summed E-state index contributed by atoms with van der Waals surface area (Å²) in [7, 11) is 0. The number of ether oxygens (including phenoxy) is 2. The molecule has 7 heteroatoms. The standard InChI is InChI=1S/C35H26N2O5/c1-20-11-12-21-14-16-29-35(24-9-5-6-10-25(24)36-34(35)40)30(32(38)23-13-15-27-28(18-23)42-19-41-27)31(37(29)26(21)17-20)33(39)22-7-3-2-4-8-22/h2-18,29-31H,19H2,1H3,(H,36,40)/t29-,30-,31+,35-/m1/s1. The third-order valence-electron chi connectivity index (χ3n) is 9.06. The molecule has 8 rings (SSSR count). The van der Waals surface area contributed by atoms with Gasteiger partial charge in [0, 0.05) is 22.5 Å². The minimum absolute atomic E-state index is 0.0715. The molecule has 0 radical (unpaired) electrons. The van der Waals surface area contributed by atoms with Gasteiger partial charge in [-0.1, -0.05) is 72.8 Å². The van der Waals surface area contributed by atoms with E-state index >= 15 is 0 Å². The van der Waals surface area contributed by atoms with Gasteiger partial charge in [0.25, 0.3) is 0 Å². The van der Waals surface area contributed by atoms with E-state index in [4.69, 9.17) is 9.47 Å². The summed E-state index contributed by atoms with van der Waals surface area (Å²) in [5.74, 6) is -0.827. The van der Waals surface area contributed by atoms with Gasteiger partial charge in [0.05, 0.1) is 12.0 Å². The second-order valence-corrected chi connectivity index (χ2v) is 11.2. The highest BCUT2D eigenvalue weighted by Gasteiger charge is 2.70. The van der Waals surface area contributed by atoms with E-state index in [1.807, 2.05) is 84.6 Å². The van der Waals surface area contributed by atoms with Gasteiger partial charge >= 0.3 is 0 Å². The van der Waals surface area contributed by atoms with Gasteiger partial charge in [0.15, 0.2) is 23.1 Å². The Kier molecular flexibility index (Phi) is 5.22. The molecule has 4 aliphatic rings. The van der Waals surface area contributed by atoms with E-state index in [0.717, 1.165) is 16.8 Å². The number of para-hydroxylation sites is 1. The van der Waals surface area contributed by atoms with Crippen molar-refractivity contribution in [3.05, 3.63) is 125 Å². The van der Waals surface area contributed by atoms with Crippen molar-refractivity contribution in [2.75, 3.05) is 17.0 Å². The maximum Gasteiger partial charge on any atom is 0.238 e. The molecule has 4 atom stereocenters. The summed E-state index contributed by atoms with van der Waals surface area (Å²) in [6.45, 7) is 2.07. The Labute approximate surface area is 242 Å². The second kappa shape index (κ2) is 8.91. The number of hydrogen-bond acceptors (Lipinski definition) is 6. The first-order valence-corrected chi connectivity index (χ1v) is 14.0. The first-order valence-electron chi connectivity index (χ1n) is 14.0. The van der Waals surface area contributed by atoms with Crippen LogP contribution in [-0.4, -0.2) is 36.4 Å². The van der Waals surface area contributed by atoms with Crippen LogP contribution in [-0.2, 0) is 10.2 Å². The molecule has 4 aromatic rings. The van der Waals surface area contributed by atoms with Crippen LogP contribution in [0.25, 0.3) is 6.08 Å². The Bertz CT molecular complexity index is 1850. The van der Waals surface area contributed by atoms with Gasteiger partial charge in [-0.2, -0.15) is 0 Å². The topological polar surface area (TPSA) is 84.9 Å². The number of benzene rings is 4. The lowest BCUT2D eigenvalue weighted by atomic mass is 9.64. The average molecular weight is 555 g/mol. The Hall–Kier alpha value is -5.17. The van der Waals surface area contributed by atoms with Crippen LogP contribution in [0.15, 0.2) is 97.1 Å². The smallest absolute Gasteiger partial charge is 0.238 e. The summed E-state index contributed by atoms with van der Waals surface area (Å²) >= 11 is 0. The molecular weight excluding hydrogens is 528 g/mol. The molecule has 1 spiro atoms. The summed E-state index contributed by atoms with van der Waals surface area (Å²) in [6, 6.07) is 26.1.